The zero-order valence-corrected chi connectivity index (χ0v) is 13.5. The maximum atomic E-state index is 4.58. The number of rotatable bonds is 4. The SMILES string of the molecule is CC(C)NCc1cnc(N2CCC(C(C)(C)C)C2)cn1. The summed E-state index contributed by atoms with van der Waals surface area (Å²) < 4.78 is 0. The van der Waals surface area contributed by atoms with E-state index >= 15 is 0 Å². The first-order valence-corrected chi connectivity index (χ1v) is 7.65. The van der Waals surface area contributed by atoms with Crippen molar-refractivity contribution in [2.24, 2.45) is 11.3 Å². The van der Waals surface area contributed by atoms with Gasteiger partial charge in [-0.2, -0.15) is 0 Å². The Hall–Kier alpha value is -1.16. The van der Waals surface area contributed by atoms with Crippen LogP contribution in [-0.2, 0) is 6.54 Å². The van der Waals surface area contributed by atoms with Crippen LogP contribution >= 0.6 is 0 Å². The molecule has 112 valence electrons. The van der Waals surface area contributed by atoms with E-state index in [1.165, 1.54) is 6.42 Å². The minimum Gasteiger partial charge on any atom is -0.355 e. The van der Waals surface area contributed by atoms with E-state index in [4.69, 9.17) is 0 Å². The van der Waals surface area contributed by atoms with Gasteiger partial charge in [0, 0.05) is 25.7 Å². The van der Waals surface area contributed by atoms with Crippen molar-refractivity contribution in [3.63, 3.8) is 0 Å². The van der Waals surface area contributed by atoms with Gasteiger partial charge in [0.25, 0.3) is 0 Å². The highest BCUT2D eigenvalue weighted by Gasteiger charge is 2.32. The van der Waals surface area contributed by atoms with Gasteiger partial charge >= 0.3 is 0 Å². The zero-order valence-electron chi connectivity index (χ0n) is 13.5. The largest absolute Gasteiger partial charge is 0.355 e. The standard InChI is InChI=1S/C16H28N4/c1-12(2)17-8-14-9-19-15(10-18-14)20-7-6-13(11-20)16(3,4)5/h9-10,12-13,17H,6-8,11H2,1-5H3. The monoisotopic (exact) mass is 276 g/mol. The van der Waals surface area contributed by atoms with Crippen molar-refractivity contribution in [1.29, 1.82) is 0 Å². The molecule has 1 unspecified atom stereocenters. The highest BCUT2D eigenvalue weighted by Crippen LogP contribution is 2.34. The molecule has 1 aliphatic heterocycles. The summed E-state index contributed by atoms with van der Waals surface area (Å²) >= 11 is 0. The molecule has 1 atom stereocenters. The van der Waals surface area contributed by atoms with Crippen LogP contribution in [-0.4, -0.2) is 29.1 Å². The van der Waals surface area contributed by atoms with Crippen LogP contribution in [0.25, 0.3) is 0 Å². The first kappa shape index (κ1) is 15.2. The number of nitrogens with one attached hydrogen (secondary N) is 1. The lowest BCUT2D eigenvalue weighted by molar-refractivity contribution is 0.263. The van der Waals surface area contributed by atoms with Crippen LogP contribution in [0.5, 0.6) is 0 Å². The Morgan fingerprint density at radius 3 is 2.55 bits per heavy atom. The second-order valence-corrected chi connectivity index (χ2v) is 7.20. The first-order chi connectivity index (χ1) is 9.36. The Morgan fingerprint density at radius 2 is 2.05 bits per heavy atom. The van der Waals surface area contributed by atoms with Gasteiger partial charge in [0.15, 0.2) is 0 Å². The Labute approximate surface area is 123 Å². The summed E-state index contributed by atoms with van der Waals surface area (Å²) in [5, 5.41) is 3.36. The smallest absolute Gasteiger partial charge is 0.147 e. The minimum absolute atomic E-state index is 0.378. The molecule has 1 aromatic rings. The van der Waals surface area contributed by atoms with Gasteiger partial charge in [-0.05, 0) is 17.8 Å². The number of hydrogen-bond acceptors (Lipinski definition) is 4. The molecule has 0 spiro atoms. The summed E-state index contributed by atoms with van der Waals surface area (Å²) in [6, 6.07) is 0.475. The van der Waals surface area contributed by atoms with Crippen molar-refractivity contribution in [2.75, 3.05) is 18.0 Å². The van der Waals surface area contributed by atoms with Gasteiger partial charge in [0.2, 0.25) is 0 Å². The highest BCUT2D eigenvalue weighted by atomic mass is 15.2. The van der Waals surface area contributed by atoms with Crippen molar-refractivity contribution in [3.8, 4) is 0 Å². The fourth-order valence-corrected chi connectivity index (χ4v) is 2.59. The summed E-state index contributed by atoms with van der Waals surface area (Å²) in [4.78, 5) is 11.5. The predicted octanol–water partition coefficient (Wildman–Crippen LogP) is 2.85. The summed E-state index contributed by atoms with van der Waals surface area (Å²) in [7, 11) is 0. The van der Waals surface area contributed by atoms with E-state index in [9.17, 15) is 0 Å². The molecule has 4 heteroatoms. The van der Waals surface area contributed by atoms with Gasteiger partial charge in [-0.1, -0.05) is 34.6 Å². The van der Waals surface area contributed by atoms with Crippen LogP contribution in [0.1, 0.15) is 46.7 Å². The third kappa shape index (κ3) is 3.92. The van der Waals surface area contributed by atoms with Gasteiger partial charge < -0.3 is 10.2 Å². The van der Waals surface area contributed by atoms with Gasteiger partial charge in [-0.15, -0.1) is 0 Å². The molecule has 4 nitrogen and oxygen atoms in total. The molecule has 2 heterocycles. The van der Waals surface area contributed by atoms with E-state index in [2.05, 4.69) is 54.8 Å². The molecule has 20 heavy (non-hydrogen) atoms. The van der Waals surface area contributed by atoms with E-state index in [1.807, 2.05) is 12.4 Å². The lowest BCUT2D eigenvalue weighted by Crippen LogP contribution is -2.26. The van der Waals surface area contributed by atoms with E-state index < -0.39 is 0 Å². The number of anilines is 1. The van der Waals surface area contributed by atoms with Crippen LogP contribution in [0.2, 0.25) is 0 Å². The normalized spacial score (nSPS) is 19.9. The van der Waals surface area contributed by atoms with E-state index in [0.29, 0.717) is 11.5 Å². The number of aromatic nitrogens is 2. The second kappa shape index (κ2) is 6.08. The van der Waals surface area contributed by atoms with Crippen molar-refractivity contribution in [3.05, 3.63) is 18.1 Å². The van der Waals surface area contributed by atoms with Crippen LogP contribution in [0.3, 0.4) is 0 Å². The maximum Gasteiger partial charge on any atom is 0.147 e. The molecule has 0 bridgehead atoms. The Balaban J connectivity index is 1.94. The number of nitrogens with zero attached hydrogens (tertiary/aromatic N) is 3. The van der Waals surface area contributed by atoms with Crippen LogP contribution in [0.4, 0.5) is 5.82 Å². The van der Waals surface area contributed by atoms with Gasteiger partial charge in [0.1, 0.15) is 5.82 Å². The van der Waals surface area contributed by atoms with Crippen molar-refractivity contribution in [1.82, 2.24) is 15.3 Å². The first-order valence-electron chi connectivity index (χ1n) is 7.65. The van der Waals surface area contributed by atoms with E-state index in [-0.39, 0.29) is 0 Å². The summed E-state index contributed by atoms with van der Waals surface area (Å²) in [5.74, 6) is 1.76. The number of hydrogen-bond donors (Lipinski definition) is 1. The average molecular weight is 276 g/mol. The molecular formula is C16H28N4. The van der Waals surface area contributed by atoms with E-state index in [1.54, 1.807) is 0 Å². The Kier molecular flexibility index (Phi) is 4.63. The molecule has 0 aromatic carbocycles. The maximum absolute atomic E-state index is 4.58. The molecule has 1 N–H and O–H groups in total. The lowest BCUT2D eigenvalue weighted by atomic mass is 9.80. The molecule has 1 aliphatic rings. The molecule has 0 radical (unpaired) electrons. The quantitative estimate of drug-likeness (QED) is 0.918. The molecule has 1 saturated heterocycles. The van der Waals surface area contributed by atoms with Crippen molar-refractivity contribution < 1.29 is 0 Å². The third-order valence-electron chi connectivity index (χ3n) is 4.12. The predicted molar refractivity (Wildman–Crippen MR) is 83.8 cm³/mol. The van der Waals surface area contributed by atoms with Gasteiger partial charge in [-0.25, -0.2) is 4.98 Å². The Morgan fingerprint density at radius 1 is 1.30 bits per heavy atom. The van der Waals surface area contributed by atoms with Crippen molar-refractivity contribution in [2.45, 2.75) is 53.6 Å². The third-order valence-corrected chi connectivity index (χ3v) is 4.12. The van der Waals surface area contributed by atoms with Crippen molar-refractivity contribution >= 4 is 5.82 Å². The molecule has 1 aromatic heterocycles. The van der Waals surface area contributed by atoms with Crippen LogP contribution in [0, 0.1) is 11.3 Å². The Bertz CT molecular complexity index is 419. The minimum atomic E-state index is 0.378. The molecule has 0 saturated carbocycles. The van der Waals surface area contributed by atoms with Crippen LogP contribution in [0.15, 0.2) is 12.4 Å². The topological polar surface area (TPSA) is 41.1 Å². The molecular weight excluding hydrogens is 248 g/mol. The van der Waals surface area contributed by atoms with Gasteiger partial charge in [-0.3, -0.25) is 4.98 Å². The second-order valence-electron chi connectivity index (χ2n) is 7.20. The molecule has 2 rings (SSSR count). The highest BCUT2D eigenvalue weighted by molar-refractivity contribution is 5.37. The zero-order chi connectivity index (χ0) is 14.8. The fraction of sp³-hybridized carbons (Fsp3) is 0.750. The fourth-order valence-electron chi connectivity index (χ4n) is 2.59. The molecule has 0 amide bonds. The summed E-state index contributed by atoms with van der Waals surface area (Å²) in [6.45, 7) is 14.2. The van der Waals surface area contributed by atoms with Crippen LogP contribution < -0.4 is 10.2 Å². The lowest BCUT2D eigenvalue weighted by Gasteiger charge is -2.27. The molecule has 1 fully saturated rings. The summed E-state index contributed by atoms with van der Waals surface area (Å²) in [5.41, 5.74) is 1.39. The van der Waals surface area contributed by atoms with E-state index in [0.717, 1.165) is 37.1 Å². The average Bonchev–Trinajstić information content (AvgIpc) is 2.86. The summed E-state index contributed by atoms with van der Waals surface area (Å²) in [6.07, 6.45) is 5.07. The van der Waals surface area contributed by atoms with Gasteiger partial charge in [0.05, 0.1) is 18.1 Å². The molecule has 0 aliphatic carbocycles.